The van der Waals surface area contributed by atoms with Gasteiger partial charge in [0.05, 0.1) is 12.6 Å². The van der Waals surface area contributed by atoms with E-state index in [1.807, 2.05) is 43.0 Å². The van der Waals surface area contributed by atoms with Crippen LogP contribution >= 0.6 is 0 Å². The minimum absolute atomic E-state index is 0.0686. The second-order valence-electron chi connectivity index (χ2n) is 7.89. The molecule has 6 heteroatoms. The molecule has 1 saturated heterocycles. The van der Waals surface area contributed by atoms with Crippen molar-refractivity contribution in [2.75, 3.05) is 25.0 Å². The summed E-state index contributed by atoms with van der Waals surface area (Å²) in [6.45, 7) is 6.45. The fraction of sp³-hybridized carbons (Fsp3) is 0.417. The summed E-state index contributed by atoms with van der Waals surface area (Å²) in [7, 11) is 0. The topological polar surface area (TPSA) is 70.7 Å². The third kappa shape index (κ3) is 6.59. The molecule has 1 aliphatic heterocycles. The number of nitrogens with one attached hydrogen (secondary N) is 2. The van der Waals surface area contributed by atoms with E-state index >= 15 is 0 Å². The highest BCUT2D eigenvalue weighted by atomic mass is 16.5. The minimum Gasteiger partial charge on any atom is -0.491 e. The first-order valence-electron chi connectivity index (χ1n) is 10.7. The van der Waals surface area contributed by atoms with Crippen molar-refractivity contribution in [3.63, 3.8) is 0 Å². The van der Waals surface area contributed by atoms with Crippen LogP contribution in [0, 0.1) is 0 Å². The number of carbonyl (C=O) groups is 2. The first-order valence-corrected chi connectivity index (χ1v) is 10.7. The summed E-state index contributed by atoms with van der Waals surface area (Å²) in [5.74, 6) is 0.789. The maximum atomic E-state index is 12.5. The van der Waals surface area contributed by atoms with Crippen LogP contribution in [0.2, 0.25) is 0 Å². The van der Waals surface area contributed by atoms with Gasteiger partial charge in [0.25, 0.3) is 5.91 Å². The van der Waals surface area contributed by atoms with Crippen LogP contribution in [0.25, 0.3) is 0 Å². The number of carbonyl (C=O) groups excluding carboxylic acids is 2. The Kier molecular flexibility index (Phi) is 7.85. The fourth-order valence-corrected chi connectivity index (χ4v) is 3.46. The lowest BCUT2D eigenvalue weighted by Crippen LogP contribution is -2.35. The van der Waals surface area contributed by atoms with Crippen molar-refractivity contribution in [3.8, 4) is 5.75 Å². The van der Waals surface area contributed by atoms with Crippen molar-refractivity contribution >= 4 is 17.5 Å². The number of piperidine rings is 1. The summed E-state index contributed by atoms with van der Waals surface area (Å²) in [5.41, 5.74) is 2.43. The molecule has 3 rings (SSSR count). The van der Waals surface area contributed by atoms with Gasteiger partial charge in [-0.3, -0.25) is 9.59 Å². The Labute approximate surface area is 178 Å². The van der Waals surface area contributed by atoms with E-state index in [9.17, 15) is 9.59 Å². The predicted molar refractivity (Wildman–Crippen MR) is 119 cm³/mol. The summed E-state index contributed by atoms with van der Waals surface area (Å²) >= 11 is 0. The zero-order chi connectivity index (χ0) is 21.3. The molecular weight excluding hydrogens is 378 g/mol. The number of anilines is 1. The summed E-state index contributed by atoms with van der Waals surface area (Å²) in [6, 6.07) is 15.0. The van der Waals surface area contributed by atoms with Crippen LogP contribution in [-0.4, -0.2) is 42.5 Å². The second-order valence-corrected chi connectivity index (χ2v) is 7.89. The maximum absolute atomic E-state index is 12.5. The molecule has 0 unspecified atom stereocenters. The van der Waals surface area contributed by atoms with Gasteiger partial charge in [0.15, 0.2) is 0 Å². The zero-order valence-electron chi connectivity index (χ0n) is 17.8. The van der Waals surface area contributed by atoms with Gasteiger partial charge in [0.2, 0.25) is 5.91 Å². The number of rotatable bonds is 8. The molecule has 2 aromatic carbocycles. The first kappa shape index (κ1) is 21.8. The van der Waals surface area contributed by atoms with Crippen LogP contribution in [0.15, 0.2) is 48.5 Å². The minimum atomic E-state index is -0.120. The van der Waals surface area contributed by atoms with E-state index in [1.165, 1.54) is 6.42 Å². The maximum Gasteiger partial charge on any atom is 0.253 e. The molecule has 0 atom stereocenters. The van der Waals surface area contributed by atoms with Crippen molar-refractivity contribution in [1.29, 1.82) is 0 Å². The van der Waals surface area contributed by atoms with Gasteiger partial charge in [-0.05, 0) is 75.1 Å². The summed E-state index contributed by atoms with van der Waals surface area (Å²) in [4.78, 5) is 26.6. The molecule has 160 valence electrons. The van der Waals surface area contributed by atoms with E-state index in [0.29, 0.717) is 17.8 Å². The molecule has 2 aromatic rings. The van der Waals surface area contributed by atoms with Gasteiger partial charge in [-0.1, -0.05) is 12.1 Å². The van der Waals surface area contributed by atoms with E-state index in [4.69, 9.17) is 4.74 Å². The van der Waals surface area contributed by atoms with Gasteiger partial charge in [-0.2, -0.15) is 0 Å². The second kappa shape index (κ2) is 10.8. The number of amides is 2. The summed E-state index contributed by atoms with van der Waals surface area (Å²) in [5, 5.41) is 6.00. The van der Waals surface area contributed by atoms with Crippen LogP contribution in [-0.2, 0) is 11.3 Å². The summed E-state index contributed by atoms with van der Waals surface area (Å²) in [6.07, 6.45) is 3.49. The number of ether oxygens (including phenoxy) is 1. The van der Waals surface area contributed by atoms with Crippen LogP contribution in [0.3, 0.4) is 0 Å². The number of hydrogen-bond acceptors (Lipinski definition) is 4. The van der Waals surface area contributed by atoms with Crippen LogP contribution in [0.5, 0.6) is 5.75 Å². The monoisotopic (exact) mass is 409 g/mol. The molecule has 1 aliphatic rings. The van der Waals surface area contributed by atoms with Crippen LogP contribution < -0.4 is 15.4 Å². The van der Waals surface area contributed by atoms with Crippen LogP contribution in [0.4, 0.5) is 5.69 Å². The van der Waals surface area contributed by atoms with Gasteiger partial charge in [0.1, 0.15) is 5.75 Å². The van der Waals surface area contributed by atoms with Gasteiger partial charge < -0.3 is 20.3 Å². The highest BCUT2D eigenvalue weighted by Gasteiger charge is 2.17. The predicted octanol–water partition coefficient (Wildman–Crippen LogP) is 3.83. The largest absolute Gasteiger partial charge is 0.491 e. The summed E-state index contributed by atoms with van der Waals surface area (Å²) < 4.78 is 5.63. The molecule has 0 saturated carbocycles. The molecule has 30 heavy (non-hydrogen) atoms. The van der Waals surface area contributed by atoms with Crippen molar-refractivity contribution in [2.24, 2.45) is 0 Å². The highest BCUT2D eigenvalue weighted by molar-refractivity contribution is 5.96. The molecule has 2 amide bonds. The number of likely N-dealkylation sites (tertiary alicyclic amines) is 1. The number of benzene rings is 2. The lowest BCUT2D eigenvalue weighted by atomic mass is 10.1. The lowest BCUT2D eigenvalue weighted by Gasteiger charge is -2.26. The van der Waals surface area contributed by atoms with Crippen molar-refractivity contribution < 1.29 is 14.3 Å². The van der Waals surface area contributed by atoms with Crippen molar-refractivity contribution in [2.45, 2.75) is 45.8 Å². The molecule has 0 aliphatic carbocycles. The molecule has 1 heterocycles. The Balaban J connectivity index is 1.41. The molecule has 0 aromatic heterocycles. The molecule has 1 fully saturated rings. The Morgan fingerprint density at radius 3 is 2.27 bits per heavy atom. The van der Waals surface area contributed by atoms with E-state index < -0.39 is 0 Å². The van der Waals surface area contributed by atoms with E-state index in [1.54, 1.807) is 24.3 Å². The number of nitrogens with zero attached hydrogens (tertiary/aromatic N) is 1. The SMILES string of the molecule is CC(C)Oc1ccc(CNCC(=O)Nc2ccc(C(=O)N3CCCCC3)cc2)cc1. The molecule has 0 spiro atoms. The third-order valence-electron chi connectivity index (χ3n) is 4.97. The lowest BCUT2D eigenvalue weighted by molar-refractivity contribution is -0.115. The Bertz CT molecular complexity index is 826. The number of hydrogen-bond donors (Lipinski definition) is 2. The van der Waals surface area contributed by atoms with Crippen molar-refractivity contribution in [1.82, 2.24) is 10.2 Å². The van der Waals surface area contributed by atoms with Crippen LogP contribution in [0.1, 0.15) is 49.0 Å². The molecular formula is C24H31N3O3. The van der Waals surface area contributed by atoms with Gasteiger partial charge in [0, 0.05) is 30.9 Å². The van der Waals surface area contributed by atoms with Gasteiger partial charge in [-0.25, -0.2) is 0 Å². The zero-order valence-corrected chi connectivity index (χ0v) is 17.8. The Morgan fingerprint density at radius 1 is 0.967 bits per heavy atom. The van der Waals surface area contributed by atoms with Crippen molar-refractivity contribution in [3.05, 3.63) is 59.7 Å². The Hall–Kier alpha value is -2.86. The highest BCUT2D eigenvalue weighted by Crippen LogP contribution is 2.16. The van der Waals surface area contributed by atoms with Gasteiger partial charge >= 0.3 is 0 Å². The molecule has 6 nitrogen and oxygen atoms in total. The first-order chi connectivity index (χ1) is 14.5. The normalized spacial score (nSPS) is 13.9. The van der Waals surface area contributed by atoms with E-state index in [0.717, 1.165) is 37.2 Å². The fourth-order valence-electron chi connectivity index (χ4n) is 3.46. The third-order valence-corrected chi connectivity index (χ3v) is 4.97. The Morgan fingerprint density at radius 2 is 1.63 bits per heavy atom. The quantitative estimate of drug-likeness (QED) is 0.695. The molecule has 2 N–H and O–H groups in total. The molecule has 0 bridgehead atoms. The average Bonchev–Trinajstić information content (AvgIpc) is 2.75. The van der Waals surface area contributed by atoms with E-state index in [-0.39, 0.29) is 24.5 Å². The van der Waals surface area contributed by atoms with Gasteiger partial charge in [-0.15, -0.1) is 0 Å². The smallest absolute Gasteiger partial charge is 0.253 e. The van der Waals surface area contributed by atoms with E-state index in [2.05, 4.69) is 10.6 Å². The molecule has 0 radical (unpaired) electrons. The standard InChI is InChI=1S/C24H31N3O3/c1-18(2)30-22-12-6-19(7-13-22)16-25-17-23(28)26-21-10-8-20(9-11-21)24(29)27-14-4-3-5-15-27/h6-13,18,25H,3-5,14-17H2,1-2H3,(H,26,28). The average molecular weight is 410 g/mol.